The number of piperidine rings is 1. The van der Waals surface area contributed by atoms with Gasteiger partial charge in [0.05, 0.1) is 0 Å². The molecule has 0 aromatic rings. The molecule has 1 aliphatic heterocycles. The van der Waals surface area contributed by atoms with Gasteiger partial charge in [0.1, 0.15) is 0 Å². The topological polar surface area (TPSA) is 61.4 Å². The first-order valence-corrected chi connectivity index (χ1v) is 7.85. The average molecular weight is 300 g/mol. The van der Waals surface area contributed by atoms with Crippen molar-refractivity contribution >= 4 is 22.6 Å². The van der Waals surface area contributed by atoms with E-state index in [0.717, 1.165) is 32.4 Å². The first-order chi connectivity index (χ1) is 7.97. The molecule has 1 heterocycles. The summed E-state index contributed by atoms with van der Waals surface area (Å²) in [6.07, 6.45) is 2.92. The summed E-state index contributed by atoms with van der Waals surface area (Å²) >= 11 is 0. The van der Waals surface area contributed by atoms with Crippen LogP contribution in [-0.4, -0.2) is 45.4 Å². The van der Waals surface area contributed by atoms with Gasteiger partial charge in [0, 0.05) is 26.2 Å². The first-order valence-electron chi connectivity index (χ1n) is 6.41. The highest BCUT2D eigenvalue weighted by atomic mass is 35.5. The van der Waals surface area contributed by atoms with Crippen molar-refractivity contribution in [3.63, 3.8) is 0 Å². The molecular weight excluding hydrogens is 274 g/mol. The highest BCUT2D eigenvalue weighted by Crippen LogP contribution is 2.13. The molecule has 1 aliphatic rings. The molecule has 7 heteroatoms. The fourth-order valence-corrected chi connectivity index (χ4v) is 3.18. The Balaban J connectivity index is 0.00000289. The monoisotopic (exact) mass is 299 g/mol. The number of unbranched alkanes of at least 4 members (excludes halogenated alkanes) is 1. The third-order valence-electron chi connectivity index (χ3n) is 3.36. The Morgan fingerprint density at radius 3 is 2.67 bits per heavy atom. The molecule has 1 rings (SSSR count). The Bertz CT molecular complexity index is 324. The van der Waals surface area contributed by atoms with E-state index in [9.17, 15) is 8.42 Å². The summed E-state index contributed by atoms with van der Waals surface area (Å²) in [5.41, 5.74) is 0. The summed E-state index contributed by atoms with van der Waals surface area (Å²) < 4.78 is 28.3. The molecule has 1 fully saturated rings. The molecule has 110 valence electrons. The van der Waals surface area contributed by atoms with E-state index in [1.54, 1.807) is 7.05 Å². The van der Waals surface area contributed by atoms with Crippen LogP contribution in [0.15, 0.2) is 0 Å². The van der Waals surface area contributed by atoms with Gasteiger partial charge >= 0.3 is 0 Å². The minimum Gasteiger partial charge on any atom is -0.315 e. The van der Waals surface area contributed by atoms with Crippen molar-refractivity contribution in [3.05, 3.63) is 0 Å². The summed E-state index contributed by atoms with van der Waals surface area (Å²) in [5.74, 6) is 0.394. The molecule has 0 aromatic heterocycles. The molecule has 2 N–H and O–H groups in total. The summed E-state index contributed by atoms with van der Waals surface area (Å²) in [6.45, 7) is 6.44. The third kappa shape index (κ3) is 5.40. The van der Waals surface area contributed by atoms with Crippen molar-refractivity contribution in [3.8, 4) is 0 Å². The van der Waals surface area contributed by atoms with E-state index in [-0.39, 0.29) is 18.4 Å². The molecule has 0 bridgehead atoms. The Morgan fingerprint density at radius 1 is 1.44 bits per heavy atom. The molecule has 0 aliphatic carbocycles. The molecular formula is C11H26ClN3O2S. The van der Waals surface area contributed by atoms with Gasteiger partial charge < -0.3 is 5.32 Å². The van der Waals surface area contributed by atoms with Crippen LogP contribution in [0.5, 0.6) is 0 Å². The molecule has 18 heavy (non-hydrogen) atoms. The van der Waals surface area contributed by atoms with Crippen molar-refractivity contribution in [2.24, 2.45) is 5.92 Å². The van der Waals surface area contributed by atoms with Gasteiger partial charge in [-0.15, -0.1) is 12.4 Å². The second-order valence-corrected chi connectivity index (χ2v) is 6.68. The molecule has 2 atom stereocenters. The Hall–Kier alpha value is 0.120. The van der Waals surface area contributed by atoms with Crippen LogP contribution in [0.4, 0.5) is 0 Å². The average Bonchev–Trinajstić information content (AvgIpc) is 2.28. The zero-order valence-corrected chi connectivity index (χ0v) is 13.1. The Morgan fingerprint density at radius 2 is 2.11 bits per heavy atom. The molecule has 2 unspecified atom stereocenters. The van der Waals surface area contributed by atoms with E-state index in [0.29, 0.717) is 12.5 Å². The fourth-order valence-electron chi connectivity index (χ4n) is 1.93. The normalized spacial score (nSPS) is 24.9. The molecule has 5 nitrogen and oxygen atoms in total. The van der Waals surface area contributed by atoms with E-state index in [4.69, 9.17) is 0 Å². The lowest BCUT2D eigenvalue weighted by atomic mass is 9.96. The van der Waals surface area contributed by atoms with Crippen LogP contribution < -0.4 is 10.0 Å². The van der Waals surface area contributed by atoms with Gasteiger partial charge in [0.25, 0.3) is 10.2 Å². The molecule has 0 radical (unpaired) electrons. The van der Waals surface area contributed by atoms with Gasteiger partial charge in [-0.3, -0.25) is 0 Å². The lowest BCUT2D eigenvalue weighted by Gasteiger charge is -2.31. The molecule has 0 spiro atoms. The van der Waals surface area contributed by atoms with Crippen LogP contribution >= 0.6 is 12.4 Å². The lowest BCUT2D eigenvalue weighted by Crippen LogP contribution is -2.53. The van der Waals surface area contributed by atoms with Gasteiger partial charge in [-0.2, -0.15) is 17.4 Å². The van der Waals surface area contributed by atoms with E-state index >= 15 is 0 Å². The van der Waals surface area contributed by atoms with Crippen molar-refractivity contribution < 1.29 is 8.42 Å². The summed E-state index contributed by atoms with van der Waals surface area (Å²) in [6, 6.07) is 0.0119. The van der Waals surface area contributed by atoms with Crippen molar-refractivity contribution in [2.75, 3.05) is 26.7 Å². The minimum atomic E-state index is -3.32. The van der Waals surface area contributed by atoms with Crippen LogP contribution in [0.1, 0.15) is 33.1 Å². The lowest BCUT2D eigenvalue weighted by molar-refractivity contribution is 0.319. The van der Waals surface area contributed by atoms with Crippen molar-refractivity contribution in [1.82, 2.24) is 14.3 Å². The Kier molecular flexibility index (Phi) is 8.38. The summed E-state index contributed by atoms with van der Waals surface area (Å²) in [5, 5.41) is 3.22. The smallest absolute Gasteiger partial charge is 0.279 e. The third-order valence-corrected chi connectivity index (χ3v) is 4.97. The van der Waals surface area contributed by atoms with Gasteiger partial charge in [-0.25, -0.2) is 0 Å². The fraction of sp³-hybridized carbons (Fsp3) is 1.00. The molecule has 0 aromatic carbocycles. The molecule has 0 saturated carbocycles. The van der Waals surface area contributed by atoms with Gasteiger partial charge in [0.2, 0.25) is 0 Å². The zero-order chi connectivity index (χ0) is 12.9. The van der Waals surface area contributed by atoms with Gasteiger partial charge in [-0.1, -0.05) is 20.3 Å². The Labute approximate surface area is 117 Å². The highest BCUT2D eigenvalue weighted by Gasteiger charge is 2.27. The van der Waals surface area contributed by atoms with Crippen LogP contribution in [0.2, 0.25) is 0 Å². The zero-order valence-electron chi connectivity index (χ0n) is 11.5. The van der Waals surface area contributed by atoms with Crippen LogP contribution in [0, 0.1) is 5.92 Å². The summed E-state index contributed by atoms with van der Waals surface area (Å²) in [4.78, 5) is 0. The largest absolute Gasteiger partial charge is 0.315 e. The van der Waals surface area contributed by atoms with E-state index in [1.807, 2.05) is 0 Å². The predicted octanol–water partition coefficient (Wildman–Crippen LogP) is 0.972. The first kappa shape index (κ1) is 18.1. The highest BCUT2D eigenvalue weighted by molar-refractivity contribution is 7.87. The minimum absolute atomic E-state index is 0. The maximum atomic E-state index is 12.0. The predicted molar refractivity (Wildman–Crippen MR) is 77.3 cm³/mol. The van der Waals surface area contributed by atoms with Crippen molar-refractivity contribution in [1.29, 1.82) is 0 Å². The maximum Gasteiger partial charge on any atom is 0.279 e. The van der Waals surface area contributed by atoms with Crippen molar-refractivity contribution in [2.45, 2.75) is 39.2 Å². The van der Waals surface area contributed by atoms with Crippen LogP contribution in [0.25, 0.3) is 0 Å². The second-order valence-electron chi connectivity index (χ2n) is 4.87. The number of hydrogen-bond acceptors (Lipinski definition) is 3. The maximum absolute atomic E-state index is 12.0. The number of halogens is 1. The van der Waals surface area contributed by atoms with E-state index < -0.39 is 10.2 Å². The number of nitrogens with one attached hydrogen (secondary N) is 2. The molecule has 0 amide bonds. The van der Waals surface area contributed by atoms with Gasteiger partial charge in [0.15, 0.2) is 0 Å². The van der Waals surface area contributed by atoms with Crippen LogP contribution in [-0.2, 0) is 10.2 Å². The number of rotatable bonds is 6. The number of hydrogen-bond donors (Lipinski definition) is 2. The second kappa shape index (κ2) is 8.32. The number of nitrogens with zero attached hydrogens (tertiary/aromatic N) is 1. The standard InChI is InChI=1S/C11H25N3O2S.ClH/c1-4-5-8-14(3)17(15,16)13-11-9-12-7-6-10(11)2;/h10-13H,4-9H2,1-3H3;1H. The SMILES string of the molecule is CCCCN(C)S(=O)(=O)NC1CNCCC1C.Cl. The van der Waals surface area contributed by atoms with Crippen LogP contribution in [0.3, 0.4) is 0 Å². The van der Waals surface area contributed by atoms with Gasteiger partial charge in [-0.05, 0) is 25.3 Å². The van der Waals surface area contributed by atoms with E-state index in [2.05, 4.69) is 23.9 Å². The quantitative estimate of drug-likeness (QED) is 0.768. The molecule has 1 saturated heterocycles. The summed E-state index contributed by atoms with van der Waals surface area (Å²) in [7, 11) is -1.68. The van der Waals surface area contributed by atoms with E-state index in [1.165, 1.54) is 4.31 Å².